The Labute approximate surface area is 76.8 Å². The molecule has 0 heterocycles. The maximum atomic E-state index is 2.12. The van der Waals surface area contributed by atoms with E-state index in [1.165, 1.54) is 0 Å². The molecule has 0 aromatic rings. The van der Waals surface area contributed by atoms with E-state index in [9.17, 15) is 0 Å². The molecule has 1 radical (unpaired) electrons. The lowest BCUT2D eigenvalue weighted by molar-refractivity contribution is 0.549. The zero-order chi connectivity index (χ0) is 9.40. The molecule has 3 heteroatoms. The van der Waals surface area contributed by atoms with Crippen molar-refractivity contribution in [3.05, 3.63) is 24.3 Å². The molecule has 0 saturated carbocycles. The van der Waals surface area contributed by atoms with Crippen LogP contribution < -0.4 is 0 Å². The van der Waals surface area contributed by atoms with Crippen LogP contribution in [0.15, 0.2) is 24.3 Å². The van der Waals surface area contributed by atoms with Crippen molar-refractivity contribution in [2.24, 2.45) is 0 Å². The molecule has 0 atom stereocenters. The topological polar surface area (TPSA) is 6.48 Å². The first kappa shape index (κ1) is 11.5. The summed E-state index contributed by atoms with van der Waals surface area (Å²) in [5.41, 5.74) is 0. The van der Waals surface area contributed by atoms with Crippen molar-refractivity contribution in [3.8, 4) is 0 Å². The van der Waals surface area contributed by atoms with E-state index in [2.05, 4.69) is 24.3 Å². The van der Waals surface area contributed by atoms with E-state index in [1.54, 1.807) is 0 Å². The van der Waals surface area contributed by atoms with Crippen LogP contribution >= 0.6 is 0 Å². The molecule has 0 saturated heterocycles. The van der Waals surface area contributed by atoms with E-state index in [0.717, 1.165) is 6.42 Å². The second-order valence-electron chi connectivity index (χ2n) is 3.13. The molecule has 0 unspecified atom stereocenters. The lowest BCUT2D eigenvalue weighted by atomic mass is 10.1. The Morgan fingerprint density at radius 2 is 1.33 bits per heavy atom. The molecule has 0 spiro atoms. The van der Waals surface area contributed by atoms with Crippen LogP contribution in [-0.4, -0.2) is 45.4 Å². The average molecular weight is 165 g/mol. The Morgan fingerprint density at radius 1 is 0.917 bits per heavy atom. The summed E-state index contributed by atoms with van der Waals surface area (Å²) in [5, 5.41) is 0. The Morgan fingerprint density at radius 3 is 1.42 bits per heavy atom. The Kier molecular flexibility index (Phi) is 6.81. The van der Waals surface area contributed by atoms with E-state index in [-0.39, 0.29) is 0 Å². The van der Waals surface area contributed by atoms with Gasteiger partial charge < -0.3 is 9.62 Å². The fourth-order valence-corrected chi connectivity index (χ4v) is 0.855. The van der Waals surface area contributed by atoms with Gasteiger partial charge in [-0.15, -0.1) is 0 Å². The van der Waals surface area contributed by atoms with Crippen molar-refractivity contribution in [1.82, 2.24) is 9.62 Å². The summed E-state index contributed by atoms with van der Waals surface area (Å²) in [6, 6.07) is 0. The number of rotatable bonds is 2. The zero-order valence-corrected chi connectivity index (χ0v) is 8.49. The third-order valence-corrected chi connectivity index (χ3v) is 1.12. The lowest BCUT2D eigenvalue weighted by Crippen LogP contribution is -2.31. The molecular weight excluding hydrogens is 147 g/mol. The summed E-state index contributed by atoms with van der Waals surface area (Å²) in [6.07, 6.45) is 9.50. The molecule has 0 amide bonds. The highest BCUT2D eigenvalue weighted by Gasteiger charge is 1.93. The second-order valence-corrected chi connectivity index (χ2v) is 3.13. The minimum atomic E-state index is 1.14. The van der Waals surface area contributed by atoms with Gasteiger partial charge in [-0.1, -0.05) is 24.3 Å². The van der Waals surface area contributed by atoms with Crippen LogP contribution in [0, 0.1) is 0 Å². The molecule has 67 valence electrons. The molecule has 12 heavy (non-hydrogen) atoms. The van der Waals surface area contributed by atoms with Gasteiger partial charge in [0.25, 0.3) is 0 Å². The monoisotopic (exact) mass is 165 g/mol. The highest BCUT2D eigenvalue weighted by atomic mass is 15.1. The van der Waals surface area contributed by atoms with Gasteiger partial charge in [-0.25, -0.2) is 0 Å². The van der Waals surface area contributed by atoms with Crippen molar-refractivity contribution in [3.63, 3.8) is 0 Å². The molecule has 1 aliphatic carbocycles. The molecule has 0 aliphatic heterocycles. The van der Waals surface area contributed by atoms with Crippen molar-refractivity contribution in [1.29, 1.82) is 0 Å². The average Bonchev–Trinajstić information content (AvgIpc) is 2.36. The molecule has 1 rings (SSSR count). The second kappa shape index (κ2) is 7.13. The normalized spacial score (nSPS) is 13.5. The molecular formula is C9H18BN2. The highest BCUT2D eigenvalue weighted by molar-refractivity contribution is 6.27. The number of allylic oxidation sites excluding steroid dienone is 4. The van der Waals surface area contributed by atoms with Crippen LogP contribution in [0.1, 0.15) is 6.42 Å². The van der Waals surface area contributed by atoms with Crippen LogP contribution in [0.2, 0.25) is 0 Å². The summed E-state index contributed by atoms with van der Waals surface area (Å²) in [7, 11) is 10.0. The summed E-state index contributed by atoms with van der Waals surface area (Å²) in [4.78, 5) is 4.00. The van der Waals surface area contributed by atoms with Crippen molar-refractivity contribution < 1.29 is 0 Å². The highest BCUT2D eigenvalue weighted by Crippen LogP contribution is 1.93. The minimum Gasteiger partial charge on any atom is -0.337 e. The number of nitrogens with zero attached hydrogens (tertiary/aromatic N) is 2. The SMILES string of the molecule is C1=CCC=C1.CN(C)[B]N(C)C. The quantitative estimate of drug-likeness (QED) is 0.566. The van der Waals surface area contributed by atoms with Gasteiger partial charge >= 0.3 is 7.55 Å². The zero-order valence-electron chi connectivity index (χ0n) is 8.49. The van der Waals surface area contributed by atoms with Gasteiger partial charge in [0.2, 0.25) is 0 Å². The molecule has 0 N–H and O–H groups in total. The van der Waals surface area contributed by atoms with E-state index in [1.807, 2.05) is 45.4 Å². The Balaban J connectivity index is 0.000000211. The van der Waals surface area contributed by atoms with Crippen LogP contribution in [0.3, 0.4) is 0 Å². The van der Waals surface area contributed by atoms with E-state index in [0.29, 0.717) is 0 Å². The summed E-state index contributed by atoms with van der Waals surface area (Å²) < 4.78 is 0. The predicted octanol–water partition coefficient (Wildman–Crippen LogP) is 1.15. The van der Waals surface area contributed by atoms with Gasteiger partial charge in [-0.05, 0) is 34.6 Å². The van der Waals surface area contributed by atoms with Crippen molar-refractivity contribution in [2.45, 2.75) is 6.42 Å². The van der Waals surface area contributed by atoms with Crippen molar-refractivity contribution >= 4 is 7.55 Å². The maximum Gasteiger partial charge on any atom is 0.312 e. The van der Waals surface area contributed by atoms with Crippen LogP contribution in [0.5, 0.6) is 0 Å². The summed E-state index contributed by atoms with van der Waals surface area (Å²) in [6.45, 7) is 0. The maximum absolute atomic E-state index is 2.12. The molecule has 1 aliphatic rings. The predicted molar refractivity (Wildman–Crippen MR) is 56.0 cm³/mol. The summed E-state index contributed by atoms with van der Waals surface area (Å²) in [5.74, 6) is 0. The first-order valence-electron chi connectivity index (χ1n) is 4.12. The van der Waals surface area contributed by atoms with Crippen molar-refractivity contribution in [2.75, 3.05) is 28.2 Å². The van der Waals surface area contributed by atoms with E-state index >= 15 is 0 Å². The van der Waals surface area contributed by atoms with E-state index in [4.69, 9.17) is 0 Å². The first-order valence-corrected chi connectivity index (χ1v) is 4.12. The molecule has 2 nitrogen and oxygen atoms in total. The third-order valence-electron chi connectivity index (χ3n) is 1.12. The Hall–Kier alpha value is -0.535. The first-order chi connectivity index (χ1) is 5.63. The molecule has 0 aromatic carbocycles. The molecule has 0 aromatic heterocycles. The summed E-state index contributed by atoms with van der Waals surface area (Å²) >= 11 is 0. The number of hydrogen-bond acceptors (Lipinski definition) is 2. The van der Waals surface area contributed by atoms with Gasteiger partial charge in [0.1, 0.15) is 0 Å². The minimum absolute atomic E-state index is 1.14. The standard InChI is InChI=1S/C5H6.C4H12BN2/c1-2-4-5-3-1;1-6(2)5-7(3)4/h1-4H,5H2;1-4H3. The molecule has 0 fully saturated rings. The molecule has 0 bridgehead atoms. The largest absolute Gasteiger partial charge is 0.337 e. The van der Waals surface area contributed by atoms with Gasteiger partial charge in [0.05, 0.1) is 0 Å². The van der Waals surface area contributed by atoms with Crippen LogP contribution in [-0.2, 0) is 0 Å². The lowest BCUT2D eigenvalue weighted by Gasteiger charge is -2.12. The van der Waals surface area contributed by atoms with Gasteiger partial charge in [0.15, 0.2) is 0 Å². The van der Waals surface area contributed by atoms with Gasteiger partial charge in [0, 0.05) is 0 Å². The fraction of sp³-hybridized carbons (Fsp3) is 0.556. The Bertz CT molecular complexity index is 135. The van der Waals surface area contributed by atoms with Crippen LogP contribution in [0.4, 0.5) is 0 Å². The fourth-order valence-electron chi connectivity index (χ4n) is 0.855. The van der Waals surface area contributed by atoms with Crippen LogP contribution in [0.25, 0.3) is 0 Å². The smallest absolute Gasteiger partial charge is 0.312 e. The third kappa shape index (κ3) is 9.46. The number of hydrogen-bond donors (Lipinski definition) is 0. The van der Waals surface area contributed by atoms with E-state index < -0.39 is 0 Å². The van der Waals surface area contributed by atoms with Gasteiger partial charge in [-0.2, -0.15) is 0 Å². The van der Waals surface area contributed by atoms with Gasteiger partial charge in [-0.3, -0.25) is 0 Å².